The maximum absolute atomic E-state index is 9.49. The zero-order valence-electron chi connectivity index (χ0n) is 9.90. The van der Waals surface area contributed by atoms with Crippen molar-refractivity contribution in [3.63, 3.8) is 0 Å². The van der Waals surface area contributed by atoms with Gasteiger partial charge in [0.2, 0.25) is 0 Å². The second-order valence-corrected chi connectivity index (χ2v) is 3.71. The molecule has 1 fully saturated rings. The summed E-state index contributed by atoms with van der Waals surface area (Å²) in [7, 11) is 0. The third kappa shape index (κ3) is 4.43. The van der Waals surface area contributed by atoms with Gasteiger partial charge in [-0.05, 0) is 0 Å². The van der Waals surface area contributed by atoms with E-state index in [-0.39, 0.29) is 19.8 Å². The lowest BCUT2D eigenvalue weighted by Gasteiger charge is -2.09. The van der Waals surface area contributed by atoms with Crippen LogP contribution >= 0.6 is 0 Å². The summed E-state index contributed by atoms with van der Waals surface area (Å²) in [5.74, 6) is 7.47. The van der Waals surface area contributed by atoms with Gasteiger partial charge in [0.25, 0.3) is 0 Å². The standard InChI is InChI=1S/C11H17N3O4/c1-2-3-17-7-8(14-12)5-13-11-4-9(16)10(6-15)18-11/h1,5,9-11,15-16H,3-4,6-7,12H2/b13-5+,14-8+/t9?,10-,11-/m1/s1. The quantitative estimate of drug-likeness (QED) is 0.176. The highest BCUT2D eigenvalue weighted by Crippen LogP contribution is 2.20. The third-order valence-corrected chi connectivity index (χ3v) is 2.38. The molecule has 0 aromatic rings. The summed E-state index contributed by atoms with van der Waals surface area (Å²) in [6, 6.07) is 0. The molecule has 0 aliphatic carbocycles. The number of ether oxygens (including phenoxy) is 2. The molecule has 7 heteroatoms. The van der Waals surface area contributed by atoms with Crippen LogP contribution in [0.1, 0.15) is 6.42 Å². The van der Waals surface area contributed by atoms with Crippen molar-refractivity contribution in [2.75, 3.05) is 19.8 Å². The fourth-order valence-corrected chi connectivity index (χ4v) is 1.46. The smallest absolute Gasteiger partial charge is 0.151 e. The van der Waals surface area contributed by atoms with Crippen molar-refractivity contribution in [1.29, 1.82) is 0 Å². The predicted octanol–water partition coefficient (Wildman–Crippen LogP) is -1.51. The number of hydrogen-bond acceptors (Lipinski definition) is 7. The van der Waals surface area contributed by atoms with Crippen molar-refractivity contribution in [3.05, 3.63) is 0 Å². The Kier molecular flexibility index (Phi) is 6.32. The Morgan fingerprint density at radius 3 is 3.00 bits per heavy atom. The fourth-order valence-electron chi connectivity index (χ4n) is 1.46. The van der Waals surface area contributed by atoms with Crippen LogP contribution < -0.4 is 5.84 Å². The van der Waals surface area contributed by atoms with Gasteiger partial charge in [-0.3, -0.25) is 4.99 Å². The van der Waals surface area contributed by atoms with E-state index in [0.29, 0.717) is 12.1 Å². The largest absolute Gasteiger partial charge is 0.394 e. The number of aliphatic imine (C=N–C) groups is 1. The minimum absolute atomic E-state index is 0.156. The number of terminal acetylenes is 1. The topological polar surface area (TPSA) is 110 Å². The van der Waals surface area contributed by atoms with Crippen LogP contribution in [0.4, 0.5) is 0 Å². The first-order chi connectivity index (χ1) is 8.71. The van der Waals surface area contributed by atoms with Crippen LogP contribution in [-0.2, 0) is 9.47 Å². The van der Waals surface area contributed by atoms with E-state index in [2.05, 4.69) is 16.0 Å². The van der Waals surface area contributed by atoms with Crippen LogP contribution in [0, 0.1) is 12.3 Å². The summed E-state index contributed by atoms with van der Waals surface area (Å²) in [5, 5.41) is 21.9. The molecular formula is C11H17N3O4. The SMILES string of the molecule is C#CCOCC(/C=N/[C@H]1CC(O)[C@@H](CO)O1)=N/N. The van der Waals surface area contributed by atoms with Gasteiger partial charge in [0.15, 0.2) is 6.23 Å². The first-order valence-corrected chi connectivity index (χ1v) is 5.46. The molecule has 1 heterocycles. The van der Waals surface area contributed by atoms with Crippen LogP contribution in [0.15, 0.2) is 10.1 Å². The first kappa shape index (κ1) is 14.6. The molecule has 0 spiro atoms. The molecule has 1 aliphatic rings. The van der Waals surface area contributed by atoms with Gasteiger partial charge in [-0.1, -0.05) is 5.92 Å². The van der Waals surface area contributed by atoms with E-state index in [0.717, 1.165) is 0 Å². The van der Waals surface area contributed by atoms with Crippen molar-refractivity contribution in [1.82, 2.24) is 0 Å². The lowest BCUT2D eigenvalue weighted by molar-refractivity contribution is -0.0192. The first-order valence-electron chi connectivity index (χ1n) is 5.46. The summed E-state index contributed by atoms with van der Waals surface area (Å²) in [5.41, 5.74) is 0.413. The molecule has 0 aromatic carbocycles. The van der Waals surface area contributed by atoms with Crippen LogP contribution in [0.25, 0.3) is 0 Å². The number of nitrogens with two attached hydrogens (primary N) is 1. The van der Waals surface area contributed by atoms with Gasteiger partial charge in [0, 0.05) is 6.42 Å². The molecule has 0 saturated carbocycles. The molecule has 0 radical (unpaired) electrons. The Balaban J connectivity index is 2.41. The molecule has 100 valence electrons. The van der Waals surface area contributed by atoms with Crippen LogP contribution in [0.5, 0.6) is 0 Å². The maximum atomic E-state index is 9.49. The normalized spacial score (nSPS) is 28.7. The summed E-state index contributed by atoms with van der Waals surface area (Å²) in [6.07, 6.45) is 4.94. The Bertz CT molecular complexity index is 351. The molecule has 18 heavy (non-hydrogen) atoms. The highest BCUT2D eigenvalue weighted by Gasteiger charge is 2.32. The predicted molar refractivity (Wildman–Crippen MR) is 66.1 cm³/mol. The molecule has 0 aromatic heterocycles. The summed E-state index contributed by atoms with van der Waals surface area (Å²) in [6.45, 7) is 0.0806. The highest BCUT2D eigenvalue weighted by molar-refractivity contribution is 6.31. The number of aliphatic hydroxyl groups excluding tert-OH is 2. The molecule has 1 unspecified atom stereocenters. The second-order valence-electron chi connectivity index (χ2n) is 3.71. The van der Waals surface area contributed by atoms with E-state index >= 15 is 0 Å². The molecular weight excluding hydrogens is 238 g/mol. The van der Waals surface area contributed by atoms with E-state index in [1.54, 1.807) is 0 Å². The molecule has 0 bridgehead atoms. The zero-order valence-corrected chi connectivity index (χ0v) is 9.90. The van der Waals surface area contributed by atoms with E-state index in [4.69, 9.17) is 26.8 Å². The minimum Gasteiger partial charge on any atom is -0.394 e. The van der Waals surface area contributed by atoms with Gasteiger partial charge < -0.3 is 25.5 Å². The van der Waals surface area contributed by atoms with Gasteiger partial charge in [-0.15, -0.1) is 6.42 Å². The van der Waals surface area contributed by atoms with Crippen molar-refractivity contribution >= 4 is 11.9 Å². The second kappa shape index (κ2) is 7.79. The van der Waals surface area contributed by atoms with Crippen molar-refractivity contribution in [2.24, 2.45) is 15.9 Å². The Morgan fingerprint density at radius 2 is 2.44 bits per heavy atom. The summed E-state index contributed by atoms with van der Waals surface area (Å²) >= 11 is 0. The number of nitrogens with zero attached hydrogens (tertiary/aromatic N) is 2. The van der Waals surface area contributed by atoms with E-state index in [1.165, 1.54) is 6.21 Å². The van der Waals surface area contributed by atoms with Crippen molar-refractivity contribution in [3.8, 4) is 12.3 Å². The Hall–Kier alpha value is -1.46. The third-order valence-electron chi connectivity index (χ3n) is 2.38. The zero-order chi connectivity index (χ0) is 13.4. The van der Waals surface area contributed by atoms with Crippen molar-refractivity contribution < 1.29 is 19.7 Å². The lowest BCUT2D eigenvalue weighted by atomic mass is 10.2. The average molecular weight is 255 g/mol. The van der Waals surface area contributed by atoms with Gasteiger partial charge >= 0.3 is 0 Å². The van der Waals surface area contributed by atoms with Gasteiger partial charge in [-0.25, -0.2) is 0 Å². The molecule has 4 N–H and O–H groups in total. The van der Waals surface area contributed by atoms with Gasteiger partial charge in [0.1, 0.15) is 18.4 Å². The van der Waals surface area contributed by atoms with E-state index in [9.17, 15) is 5.11 Å². The van der Waals surface area contributed by atoms with Crippen LogP contribution in [0.3, 0.4) is 0 Å². The molecule has 0 amide bonds. The lowest BCUT2D eigenvalue weighted by Crippen LogP contribution is -2.24. The number of hydrazone groups is 1. The van der Waals surface area contributed by atoms with E-state index in [1.807, 2.05) is 0 Å². The maximum Gasteiger partial charge on any atom is 0.151 e. The van der Waals surface area contributed by atoms with Gasteiger partial charge in [0.05, 0.1) is 25.5 Å². The summed E-state index contributed by atoms with van der Waals surface area (Å²) in [4.78, 5) is 4.06. The van der Waals surface area contributed by atoms with Gasteiger partial charge in [-0.2, -0.15) is 5.10 Å². The Morgan fingerprint density at radius 1 is 1.67 bits per heavy atom. The van der Waals surface area contributed by atoms with E-state index < -0.39 is 18.4 Å². The molecule has 1 saturated heterocycles. The number of rotatable bonds is 6. The molecule has 1 aliphatic heterocycles. The minimum atomic E-state index is -0.715. The van der Waals surface area contributed by atoms with Crippen molar-refractivity contribution in [2.45, 2.75) is 24.9 Å². The number of aliphatic hydroxyl groups is 2. The Labute approximate surface area is 105 Å². The molecule has 7 nitrogen and oxygen atoms in total. The molecule has 1 rings (SSSR count). The summed E-state index contributed by atoms with van der Waals surface area (Å²) < 4.78 is 10.3. The monoisotopic (exact) mass is 255 g/mol. The highest BCUT2D eigenvalue weighted by atomic mass is 16.5. The number of hydrogen-bond donors (Lipinski definition) is 3. The molecule has 3 atom stereocenters. The van der Waals surface area contributed by atoms with Crippen LogP contribution in [0.2, 0.25) is 0 Å². The average Bonchev–Trinajstić information content (AvgIpc) is 2.74. The van der Waals surface area contributed by atoms with Crippen LogP contribution in [-0.4, -0.2) is 60.4 Å². The fraction of sp³-hybridized carbons (Fsp3) is 0.636.